The van der Waals surface area contributed by atoms with E-state index in [1.165, 1.54) is 7.11 Å². The van der Waals surface area contributed by atoms with Crippen LogP contribution in [0.3, 0.4) is 0 Å². The maximum Gasteiger partial charge on any atom is 0.351 e. The zero-order valence-electron chi connectivity index (χ0n) is 13.1. The second-order valence-corrected chi connectivity index (χ2v) is 6.34. The van der Waals surface area contributed by atoms with Crippen LogP contribution in [0.5, 0.6) is 5.88 Å². The van der Waals surface area contributed by atoms with Gasteiger partial charge in [-0.05, 0) is 12.0 Å². The minimum absolute atomic E-state index is 0.147. The number of benzene rings is 1. The van der Waals surface area contributed by atoms with Gasteiger partial charge in [0.15, 0.2) is 0 Å². The van der Waals surface area contributed by atoms with Gasteiger partial charge in [-0.25, -0.2) is 4.79 Å². The van der Waals surface area contributed by atoms with Crippen molar-refractivity contribution in [2.24, 2.45) is 0 Å². The van der Waals surface area contributed by atoms with Crippen LogP contribution in [-0.2, 0) is 12.0 Å². The van der Waals surface area contributed by atoms with Crippen LogP contribution < -0.4 is 10.4 Å². The van der Waals surface area contributed by atoms with Crippen LogP contribution in [0, 0.1) is 0 Å². The second-order valence-electron chi connectivity index (χ2n) is 5.69. The molecule has 0 radical (unpaired) electrons. The molecule has 1 aliphatic heterocycles. The van der Waals surface area contributed by atoms with Gasteiger partial charge in [-0.15, -0.1) is 0 Å². The number of rotatable bonds is 4. The number of aliphatic hydroxyl groups is 1. The van der Waals surface area contributed by atoms with Gasteiger partial charge >= 0.3 is 5.69 Å². The van der Waals surface area contributed by atoms with E-state index in [1.54, 1.807) is 4.57 Å². The van der Waals surface area contributed by atoms with E-state index < -0.39 is 5.60 Å². The number of aromatic nitrogens is 2. The molecule has 1 aromatic heterocycles. The Bertz CT molecular complexity index is 775. The third kappa shape index (κ3) is 2.40. The smallest absolute Gasteiger partial charge is 0.351 e. The zero-order chi connectivity index (χ0) is 16.6. The van der Waals surface area contributed by atoms with E-state index in [4.69, 9.17) is 4.74 Å². The Kier molecular flexibility index (Phi) is 4.29. The third-order valence-electron chi connectivity index (χ3n) is 4.45. The van der Waals surface area contributed by atoms with E-state index in [2.05, 4.69) is 20.9 Å². The summed E-state index contributed by atoms with van der Waals surface area (Å²) < 4.78 is 6.91. The molecule has 0 bridgehead atoms. The Morgan fingerprint density at radius 2 is 2.13 bits per heavy atom. The molecule has 0 saturated heterocycles. The topological polar surface area (TPSA) is 64.3 Å². The number of ether oxygens (including phenoxy) is 1. The summed E-state index contributed by atoms with van der Waals surface area (Å²) in [6.45, 7) is 1.97. The van der Waals surface area contributed by atoms with Crippen molar-refractivity contribution in [2.75, 3.05) is 12.4 Å². The van der Waals surface area contributed by atoms with Crippen molar-refractivity contribution in [1.82, 2.24) is 9.55 Å². The largest absolute Gasteiger partial charge is 0.481 e. The van der Waals surface area contributed by atoms with Gasteiger partial charge in [0, 0.05) is 17.3 Å². The molecule has 2 heterocycles. The van der Waals surface area contributed by atoms with Gasteiger partial charge < -0.3 is 9.84 Å². The van der Waals surface area contributed by atoms with Crippen molar-refractivity contribution in [3.63, 3.8) is 0 Å². The quantitative estimate of drug-likeness (QED) is 0.829. The average molecular weight is 379 g/mol. The minimum Gasteiger partial charge on any atom is -0.481 e. The molecule has 5 nitrogen and oxygen atoms in total. The van der Waals surface area contributed by atoms with E-state index in [9.17, 15) is 9.90 Å². The predicted octanol–water partition coefficient (Wildman–Crippen LogP) is 2.39. The summed E-state index contributed by atoms with van der Waals surface area (Å²) >= 11 is 3.46. The van der Waals surface area contributed by atoms with Crippen LogP contribution in [0.4, 0.5) is 0 Å². The molecular weight excluding hydrogens is 360 g/mol. The average Bonchev–Trinajstić information content (AvgIpc) is 2.90. The molecule has 1 aromatic carbocycles. The molecule has 0 fully saturated rings. The van der Waals surface area contributed by atoms with E-state index >= 15 is 0 Å². The zero-order valence-corrected chi connectivity index (χ0v) is 14.7. The number of nitrogens with zero attached hydrogens (tertiary/aromatic N) is 2. The van der Waals surface area contributed by atoms with E-state index in [-0.39, 0.29) is 11.7 Å². The van der Waals surface area contributed by atoms with Crippen LogP contribution in [0.2, 0.25) is 0 Å². The van der Waals surface area contributed by atoms with Crippen molar-refractivity contribution >= 4 is 15.9 Å². The van der Waals surface area contributed by atoms with E-state index in [1.807, 2.05) is 37.3 Å². The molecule has 122 valence electrons. The molecule has 1 N–H and O–H groups in total. The Labute approximate surface area is 143 Å². The number of fused-ring (bicyclic) bond motifs is 1. The van der Waals surface area contributed by atoms with Gasteiger partial charge in [-0.2, -0.15) is 4.98 Å². The standard InChI is InChI=1S/C17H19BrN2O3/c1-3-13-14-17(22,11-7-5-4-6-8-11)9-12(10-18)20(14)16(21)19-15(13)23-2/h4-8,12,22H,3,9-10H2,1-2H3/t12-,17-/m0/s1. The summed E-state index contributed by atoms with van der Waals surface area (Å²) in [7, 11) is 1.50. The number of alkyl halides is 1. The van der Waals surface area contributed by atoms with Crippen LogP contribution in [0.1, 0.15) is 36.2 Å². The summed E-state index contributed by atoms with van der Waals surface area (Å²) in [5, 5.41) is 12.1. The minimum atomic E-state index is -1.22. The molecule has 0 saturated carbocycles. The Morgan fingerprint density at radius 3 is 2.70 bits per heavy atom. The maximum absolute atomic E-state index is 12.5. The summed E-state index contributed by atoms with van der Waals surface area (Å²) in [5.74, 6) is 0.299. The summed E-state index contributed by atoms with van der Waals surface area (Å²) in [6.07, 6.45) is 1.05. The van der Waals surface area contributed by atoms with Gasteiger partial charge in [-0.3, -0.25) is 4.57 Å². The van der Waals surface area contributed by atoms with Crippen molar-refractivity contribution in [1.29, 1.82) is 0 Å². The van der Waals surface area contributed by atoms with Crippen molar-refractivity contribution in [3.05, 3.63) is 57.6 Å². The van der Waals surface area contributed by atoms with Crippen molar-refractivity contribution < 1.29 is 9.84 Å². The lowest BCUT2D eigenvalue weighted by Gasteiger charge is -2.26. The van der Waals surface area contributed by atoms with Crippen LogP contribution in [-0.4, -0.2) is 27.1 Å². The molecule has 3 rings (SSSR count). The summed E-state index contributed by atoms with van der Waals surface area (Å²) in [5.41, 5.74) is 0.555. The lowest BCUT2D eigenvalue weighted by molar-refractivity contribution is 0.0776. The maximum atomic E-state index is 12.5. The van der Waals surface area contributed by atoms with Gasteiger partial charge in [0.1, 0.15) is 5.60 Å². The van der Waals surface area contributed by atoms with E-state index in [0.717, 1.165) is 11.1 Å². The first kappa shape index (κ1) is 16.2. The Hall–Kier alpha value is -1.66. The lowest BCUT2D eigenvalue weighted by atomic mass is 9.86. The highest BCUT2D eigenvalue weighted by molar-refractivity contribution is 9.09. The highest BCUT2D eigenvalue weighted by Gasteiger charge is 2.46. The molecule has 23 heavy (non-hydrogen) atoms. The molecule has 0 amide bonds. The van der Waals surface area contributed by atoms with Gasteiger partial charge in [0.2, 0.25) is 5.88 Å². The number of halogens is 1. The normalized spacial score (nSPS) is 22.9. The summed E-state index contributed by atoms with van der Waals surface area (Å²) in [4.78, 5) is 16.5. The van der Waals surface area contributed by atoms with Gasteiger partial charge in [-0.1, -0.05) is 53.2 Å². The van der Waals surface area contributed by atoms with Crippen molar-refractivity contribution in [3.8, 4) is 5.88 Å². The first-order valence-corrected chi connectivity index (χ1v) is 8.72. The van der Waals surface area contributed by atoms with Gasteiger partial charge in [0.05, 0.1) is 18.8 Å². The third-order valence-corrected chi connectivity index (χ3v) is 5.20. The van der Waals surface area contributed by atoms with Crippen LogP contribution in [0.25, 0.3) is 0 Å². The van der Waals surface area contributed by atoms with Crippen LogP contribution in [0.15, 0.2) is 35.1 Å². The highest BCUT2D eigenvalue weighted by atomic mass is 79.9. The molecular formula is C17H19BrN2O3. The summed E-state index contributed by atoms with van der Waals surface area (Å²) in [6, 6.07) is 9.31. The molecule has 0 aliphatic carbocycles. The van der Waals surface area contributed by atoms with E-state index in [0.29, 0.717) is 29.7 Å². The monoisotopic (exact) mass is 378 g/mol. The Morgan fingerprint density at radius 1 is 1.43 bits per heavy atom. The fraction of sp³-hybridized carbons (Fsp3) is 0.412. The fourth-order valence-electron chi connectivity index (χ4n) is 3.45. The first-order valence-electron chi connectivity index (χ1n) is 7.60. The highest BCUT2D eigenvalue weighted by Crippen LogP contribution is 2.46. The first-order chi connectivity index (χ1) is 11.1. The Balaban J connectivity index is 2.35. The van der Waals surface area contributed by atoms with Gasteiger partial charge in [0.25, 0.3) is 0 Å². The molecule has 0 unspecified atom stereocenters. The SMILES string of the molecule is CCc1c(OC)nc(=O)n2c1[C@@](O)(c1ccccc1)C[C@H]2CBr. The molecule has 0 spiro atoms. The fourth-order valence-corrected chi connectivity index (χ4v) is 3.97. The lowest BCUT2D eigenvalue weighted by Crippen LogP contribution is -2.31. The molecule has 6 heteroatoms. The number of hydrogen-bond donors (Lipinski definition) is 1. The second kappa shape index (κ2) is 6.09. The number of methoxy groups -OCH3 is 1. The number of hydrogen-bond acceptors (Lipinski definition) is 4. The molecule has 2 aromatic rings. The van der Waals surface area contributed by atoms with Crippen LogP contribution >= 0.6 is 15.9 Å². The molecule has 1 aliphatic rings. The predicted molar refractivity (Wildman–Crippen MR) is 91.3 cm³/mol. The molecule has 2 atom stereocenters. The van der Waals surface area contributed by atoms with Crippen molar-refractivity contribution in [2.45, 2.75) is 31.4 Å².